The van der Waals surface area contributed by atoms with Gasteiger partial charge in [-0.05, 0) is 112 Å². The molecule has 4 aromatic heterocycles. The molecule has 0 aliphatic carbocycles. The van der Waals surface area contributed by atoms with Crippen LogP contribution in [0.5, 0.6) is 0 Å². The van der Waals surface area contributed by atoms with Gasteiger partial charge in [-0.25, -0.2) is 0 Å². The van der Waals surface area contributed by atoms with E-state index in [9.17, 15) is 0 Å². The smallest absolute Gasteiger partial charge is 0.137 e. The summed E-state index contributed by atoms with van der Waals surface area (Å²) in [5.41, 5.74) is 15.9. The molecule has 14 aromatic rings. The zero-order chi connectivity index (χ0) is 41.9. The summed E-state index contributed by atoms with van der Waals surface area (Å²) in [6.45, 7) is 0. The number of fused-ring (bicyclic) bond motifs is 12. The van der Waals surface area contributed by atoms with Gasteiger partial charge in [0.2, 0.25) is 0 Å². The summed E-state index contributed by atoms with van der Waals surface area (Å²) in [5, 5.41) is 9.77. The van der Waals surface area contributed by atoms with Crippen LogP contribution in [0.15, 0.2) is 223 Å². The Bertz CT molecular complexity index is 3910. The van der Waals surface area contributed by atoms with E-state index >= 15 is 0 Å². The fourth-order valence-corrected chi connectivity index (χ4v) is 11.4. The number of furan rings is 1. The molecule has 0 saturated carbocycles. The lowest BCUT2D eigenvalue weighted by Gasteiger charge is -2.11. The number of rotatable bonds is 5. The molecule has 4 heteroatoms. The Morgan fingerprint density at radius 2 is 0.766 bits per heavy atom. The van der Waals surface area contributed by atoms with Crippen molar-refractivity contribution in [3.8, 4) is 44.8 Å². The molecule has 3 nitrogen and oxygen atoms in total. The second-order valence-electron chi connectivity index (χ2n) is 16.9. The van der Waals surface area contributed by atoms with Gasteiger partial charge in [-0.15, -0.1) is 11.3 Å². The third-order valence-corrected chi connectivity index (χ3v) is 14.4. The summed E-state index contributed by atoms with van der Waals surface area (Å²) < 4.78 is 14.0. The molecule has 0 amide bonds. The summed E-state index contributed by atoms with van der Waals surface area (Å²) in [4.78, 5) is 0. The molecular formula is C60H36N2OS. The molecule has 0 saturated heterocycles. The van der Waals surface area contributed by atoms with Gasteiger partial charge in [0.25, 0.3) is 0 Å². The largest absolute Gasteiger partial charge is 0.456 e. The van der Waals surface area contributed by atoms with Crippen molar-refractivity contribution in [3.05, 3.63) is 218 Å². The molecule has 10 aromatic carbocycles. The molecular weight excluding hydrogens is 797 g/mol. The van der Waals surface area contributed by atoms with Gasteiger partial charge in [-0.3, -0.25) is 0 Å². The molecule has 0 aliphatic rings. The zero-order valence-electron chi connectivity index (χ0n) is 34.5. The van der Waals surface area contributed by atoms with E-state index in [1.165, 1.54) is 86.1 Å². The second-order valence-corrected chi connectivity index (χ2v) is 18.0. The highest BCUT2D eigenvalue weighted by Gasteiger charge is 2.20. The fraction of sp³-hybridized carbons (Fsp3) is 0. The maximum absolute atomic E-state index is 6.50. The first-order valence-corrected chi connectivity index (χ1v) is 22.6. The van der Waals surface area contributed by atoms with Crippen molar-refractivity contribution in [2.75, 3.05) is 0 Å². The average molecular weight is 833 g/mol. The Morgan fingerprint density at radius 3 is 1.41 bits per heavy atom. The van der Waals surface area contributed by atoms with Crippen LogP contribution in [0.3, 0.4) is 0 Å². The molecule has 64 heavy (non-hydrogen) atoms. The number of aromatic nitrogens is 2. The van der Waals surface area contributed by atoms with E-state index in [-0.39, 0.29) is 0 Å². The first-order valence-electron chi connectivity index (χ1n) is 21.8. The van der Waals surface area contributed by atoms with E-state index in [0.717, 1.165) is 44.3 Å². The lowest BCUT2D eigenvalue weighted by molar-refractivity contribution is 0.669. The topological polar surface area (TPSA) is 23.0 Å². The highest BCUT2D eigenvalue weighted by atomic mass is 32.1. The fourth-order valence-electron chi connectivity index (χ4n) is 10.3. The first-order chi connectivity index (χ1) is 31.7. The van der Waals surface area contributed by atoms with Crippen molar-refractivity contribution >= 4 is 97.1 Å². The van der Waals surface area contributed by atoms with Crippen molar-refractivity contribution in [2.45, 2.75) is 0 Å². The van der Waals surface area contributed by atoms with Gasteiger partial charge in [0.1, 0.15) is 11.2 Å². The van der Waals surface area contributed by atoms with Crippen LogP contribution in [0, 0.1) is 0 Å². The first kappa shape index (κ1) is 35.4. The minimum absolute atomic E-state index is 0.890. The van der Waals surface area contributed by atoms with Gasteiger partial charge < -0.3 is 13.6 Å². The molecule has 0 unspecified atom stereocenters. The van der Waals surface area contributed by atoms with Crippen molar-refractivity contribution < 1.29 is 4.42 Å². The van der Waals surface area contributed by atoms with E-state index in [0.29, 0.717) is 0 Å². The van der Waals surface area contributed by atoms with Crippen LogP contribution in [-0.4, -0.2) is 9.13 Å². The van der Waals surface area contributed by atoms with E-state index < -0.39 is 0 Å². The molecule has 14 rings (SSSR count). The van der Waals surface area contributed by atoms with Gasteiger partial charge in [0.05, 0.1) is 22.1 Å². The van der Waals surface area contributed by atoms with E-state index in [4.69, 9.17) is 4.42 Å². The molecule has 0 N–H and O–H groups in total. The molecule has 0 bridgehead atoms. The van der Waals surface area contributed by atoms with Crippen LogP contribution in [0.4, 0.5) is 0 Å². The number of hydrogen-bond acceptors (Lipinski definition) is 2. The third-order valence-electron chi connectivity index (χ3n) is 13.3. The summed E-state index contributed by atoms with van der Waals surface area (Å²) in [6, 6.07) is 79.8. The highest BCUT2D eigenvalue weighted by molar-refractivity contribution is 7.25. The zero-order valence-corrected chi connectivity index (χ0v) is 35.3. The number of nitrogens with zero attached hydrogens (tertiary/aromatic N) is 2. The molecule has 0 spiro atoms. The quantitative estimate of drug-likeness (QED) is 0.169. The molecule has 0 aliphatic heterocycles. The monoisotopic (exact) mass is 832 g/mol. The minimum atomic E-state index is 0.890. The van der Waals surface area contributed by atoms with Crippen LogP contribution in [-0.2, 0) is 0 Å². The predicted octanol–water partition coefficient (Wildman–Crippen LogP) is 17.1. The van der Waals surface area contributed by atoms with Crippen molar-refractivity contribution in [3.63, 3.8) is 0 Å². The Morgan fingerprint density at radius 1 is 0.266 bits per heavy atom. The van der Waals surface area contributed by atoms with Crippen LogP contribution in [0.2, 0.25) is 0 Å². The van der Waals surface area contributed by atoms with Crippen molar-refractivity contribution in [2.24, 2.45) is 0 Å². The molecule has 0 atom stereocenters. The molecule has 0 radical (unpaired) electrons. The van der Waals surface area contributed by atoms with Crippen LogP contribution >= 0.6 is 11.3 Å². The standard InChI is InChI=1S/C60H36N2OS/c1-3-13-37(14-4-1)39-17-11-19-43(29-39)61-53-27-25-41(31-47(53)49-33-51-45-21-7-9-23-57(45)63-58(51)35-55(49)61)42-26-28-54-48(32-42)50-34-52-46-22-8-10-24-59(46)64-60(52)36-56(50)62(54)44-20-12-18-40(30-44)38-15-5-2-6-16-38/h1-36H. The van der Waals surface area contributed by atoms with Gasteiger partial charge in [0.15, 0.2) is 0 Å². The summed E-state index contributed by atoms with van der Waals surface area (Å²) in [5.74, 6) is 0. The summed E-state index contributed by atoms with van der Waals surface area (Å²) in [6.07, 6.45) is 0. The van der Waals surface area contributed by atoms with E-state index in [1.807, 2.05) is 17.4 Å². The summed E-state index contributed by atoms with van der Waals surface area (Å²) >= 11 is 1.87. The molecule has 4 heterocycles. The van der Waals surface area contributed by atoms with Gasteiger partial charge >= 0.3 is 0 Å². The molecule has 0 fully saturated rings. The van der Waals surface area contributed by atoms with E-state index in [2.05, 4.69) is 221 Å². The van der Waals surface area contributed by atoms with Crippen LogP contribution in [0.25, 0.3) is 130 Å². The lowest BCUT2D eigenvalue weighted by atomic mass is 10.00. The SMILES string of the molecule is c1ccc(-c2cccc(-n3c4ccc(-c5ccc6c(c5)c5cc7c(cc5n6-c5cccc(-c6ccccc6)c5)sc5ccccc57)cc4c4cc5c(cc43)oc3ccccc35)c2)cc1. The van der Waals surface area contributed by atoms with Gasteiger partial charge in [0, 0.05) is 69.9 Å². The number of thiophene rings is 1. The lowest BCUT2D eigenvalue weighted by Crippen LogP contribution is -1.94. The average Bonchev–Trinajstić information content (AvgIpc) is 4.10. The van der Waals surface area contributed by atoms with Crippen molar-refractivity contribution in [1.82, 2.24) is 9.13 Å². The van der Waals surface area contributed by atoms with Crippen LogP contribution < -0.4 is 0 Å². The number of hydrogen-bond donors (Lipinski definition) is 0. The van der Waals surface area contributed by atoms with Gasteiger partial charge in [-0.1, -0.05) is 133 Å². The maximum Gasteiger partial charge on any atom is 0.137 e. The van der Waals surface area contributed by atoms with Crippen LogP contribution in [0.1, 0.15) is 0 Å². The Hall–Kier alpha value is -8.18. The molecule has 298 valence electrons. The van der Waals surface area contributed by atoms with E-state index in [1.54, 1.807) is 0 Å². The number of benzene rings is 10. The highest BCUT2D eigenvalue weighted by Crippen LogP contribution is 2.44. The summed E-state index contributed by atoms with van der Waals surface area (Å²) in [7, 11) is 0. The van der Waals surface area contributed by atoms with Crippen molar-refractivity contribution in [1.29, 1.82) is 0 Å². The Balaban J connectivity index is 1.01. The second kappa shape index (κ2) is 13.7. The third kappa shape index (κ3) is 5.33. The normalized spacial score (nSPS) is 12.1. The Kier molecular flexibility index (Phi) is 7.56. The maximum atomic E-state index is 6.50. The predicted molar refractivity (Wildman–Crippen MR) is 272 cm³/mol. The van der Waals surface area contributed by atoms with Gasteiger partial charge in [-0.2, -0.15) is 0 Å². The minimum Gasteiger partial charge on any atom is -0.456 e. The number of para-hydroxylation sites is 1. The Labute approximate surface area is 371 Å².